The average molecular weight is 694 g/mol. The standard InChI is InChI=1S/C50H46N2O/c1-29(2)40-26-34(36-23-22-35(24-31(36)5)50(6,7)8)27-41(30(3)4)47(40)52-45-19-12-11-18-44(45)51-49(52)39-17-13-16-38-43-25-33-21-20-32-14-9-10-15-37(32)42(33)28-46(43)53-48(38)39/h9-30H,1-8H3/i5D3. The van der Waals surface area contributed by atoms with E-state index < -0.39 is 6.85 Å². The molecule has 0 atom stereocenters. The smallest absolute Gasteiger partial charge is 0.149 e. The van der Waals surface area contributed by atoms with Crippen LogP contribution in [0.5, 0.6) is 0 Å². The van der Waals surface area contributed by atoms with Crippen LogP contribution in [0.25, 0.3) is 82.7 Å². The second kappa shape index (κ2) is 12.2. The van der Waals surface area contributed by atoms with Crippen molar-refractivity contribution in [2.45, 2.75) is 72.6 Å². The molecule has 7 aromatic carbocycles. The molecule has 2 aromatic heterocycles. The summed E-state index contributed by atoms with van der Waals surface area (Å²) in [6, 6.07) is 42.4. The van der Waals surface area contributed by atoms with Gasteiger partial charge in [-0.05, 0) is 121 Å². The molecule has 0 amide bonds. The van der Waals surface area contributed by atoms with E-state index in [9.17, 15) is 0 Å². The van der Waals surface area contributed by atoms with Gasteiger partial charge in [-0.1, -0.05) is 127 Å². The highest BCUT2D eigenvalue weighted by Crippen LogP contribution is 2.44. The number of fused-ring (bicyclic) bond motifs is 7. The molecular weight excluding hydrogens is 645 g/mol. The van der Waals surface area contributed by atoms with Gasteiger partial charge in [-0.15, -0.1) is 0 Å². The zero-order chi connectivity index (χ0) is 39.3. The summed E-state index contributed by atoms with van der Waals surface area (Å²) in [6.07, 6.45) is 0. The summed E-state index contributed by atoms with van der Waals surface area (Å²) in [7, 11) is 0. The van der Waals surface area contributed by atoms with Crippen LogP contribution in [0.3, 0.4) is 0 Å². The highest BCUT2D eigenvalue weighted by molar-refractivity contribution is 6.17. The molecule has 0 bridgehead atoms. The number of benzene rings is 7. The monoisotopic (exact) mass is 693 g/mol. The van der Waals surface area contributed by atoms with Crippen LogP contribution in [0.1, 0.15) is 86.7 Å². The first-order valence-electron chi connectivity index (χ1n) is 20.3. The van der Waals surface area contributed by atoms with Gasteiger partial charge in [0, 0.05) is 14.9 Å². The SMILES string of the molecule is [2H]C([2H])([2H])c1cc(C(C)(C)C)ccc1-c1cc(C(C)C)c(-n2c(-c3cccc4c3oc3cc5c(ccc6ccccc65)cc34)nc3ccccc32)c(C(C)C)c1. The van der Waals surface area contributed by atoms with Crippen molar-refractivity contribution in [3.63, 3.8) is 0 Å². The summed E-state index contributed by atoms with van der Waals surface area (Å²) in [5.74, 6) is 1.04. The van der Waals surface area contributed by atoms with Crippen LogP contribution in [-0.2, 0) is 5.41 Å². The molecule has 9 rings (SSSR count). The molecule has 53 heavy (non-hydrogen) atoms. The van der Waals surface area contributed by atoms with Gasteiger partial charge in [-0.25, -0.2) is 4.98 Å². The lowest BCUT2D eigenvalue weighted by Gasteiger charge is -2.25. The number of hydrogen-bond acceptors (Lipinski definition) is 2. The lowest BCUT2D eigenvalue weighted by molar-refractivity contribution is 0.590. The lowest BCUT2D eigenvalue weighted by Crippen LogP contribution is -2.11. The molecule has 0 unspecified atom stereocenters. The third-order valence-corrected chi connectivity index (χ3v) is 11.0. The normalized spacial score (nSPS) is 13.6. The van der Waals surface area contributed by atoms with Crippen molar-refractivity contribution in [1.29, 1.82) is 0 Å². The molecule has 2 heterocycles. The zero-order valence-corrected chi connectivity index (χ0v) is 31.5. The molecule has 3 heteroatoms. The molecule has 3 nitrogen and oxygen atoms in total. The molecule has 0 saturated heterocycles. The van der Waals surface area contributed by atoms with Crippen molar-refractivity contribution in [2.24, 2.45) is 0 Å². The van der Waals surface area contributed by atoms with Crippen LogP contribution < -0.4 is 0 Å². The first kappa shape index (κ1) is 29.9. The van der Waals surface area contributed by atoms with Crippen LogP contribution in [0, 0.1) is 6.85 Å². The van der Waals surface area contributed by atoms with Crippen molar-refractivity contribution in [3.05, 3.63) is 144 Å². The van der Waals surface area contributed by atoms with Gasteiger partial charge in [0.25, 0.3) is 0 Å². The van der Waals surface area contributed by atoms with Gasteiger partial charge in [0.2, 0.25) is 0 Å². The van der Waals surface area contributed by atoms with Crippen LogP contribution in [0.2, 0.25) is 0 Å². The van der Waals surface area contributed by atoms with Gasteiger partial charge in [-0.3, -0.25) is 4.57 Å². The Balaban J connectivity index is 1.32. The Morgan fingerprint density at radius 2 is 1.36 bits per heavy atom. The topological polar surface area (TPSA) is 31.0 Å². The number of aromatic nitrogens is 2. The molecule has 262 valence electrons. The third kappa shape index (κ3) is 5.36. The summed E-state index contributed by atoms with van der Waals surface area (Å²) in [4.78, 5) is 5.36. The predicted molar refractivity (Wildman–Crippen MR) is 226 cm³/mol. The van der Waals surface area contributed by atoms with E-state index in [0.717, 1.165) is 77.9 Å². The van der Waals surface area contributed by atoms with Gasteiger partial charge in [0.05, 0.1) is 22.3 Å². The van der Waals surface area contributed by atoms with E-state index in [-0.39, 0.29) is 17.3 Å². The van der Waals surface area contributed by atoms with Crippen molar-refractivity contribution >= 4 is 54.5 Å². The number of imidazole rings is 1. The summed E-state index contributed by atoms with van der Waals surface area (Å²) in [6.45, 7) is 13.0. The van der Waals surface area contributed by atoms with E-state index in [1.54, 1.807) is 0 Å². The fraction of sp³-hybridized carbons (Fsp3) is 0.220. The molecule has 0 aliphatic carbocycles. The Labute approximate surface area is 316 Å². The fourth-order valence-electron chi connectivity index (χ4n) is 8.14. The number of hydrogen-bond donors (Lipinski definition) is 0. The summed E-state index contributed by atoms with van der Waals surface area (Å²) < 4.78 is 35.0. The first-order valence-corrected chi connectivity index (χ1v) is 18.8. The Hall–Kier alpha value is -5.67. The van der Waals surface area contributed by atoms with Crippen molar-refractivity contribution in [1.82, 2.24) is 9.55 Å². The van der Waals surface area contributed by atoms with Gasteiger partial charge >= 0.3 is 0 Å². The minimum Gasteiger partial charge on any atom is -0.455 e. The molecule has 0 N–H and O–H groups in total. The fourth-order valence-corrected chi connectivity index (χ4v) is 8.14. The van der Waals surface area contributed by atoms with E-state index >= 15 is 0 Å². The molecule has 0 radical (unpaired) electrons. The Morgan fingerprint density at radius 3 is 2.11 bits per heavy atom. The van der Waals surface area contributed by atoms with Crippen LogP contribution in [0.15, 0.2) is 126 Å². The lowest BCUT2D eigenvalue weighted by atomic mass is 9.83. The van der Waals surface area contributed by atoms with Gasteiger partial charge in [0.15, 0.2) is 0 Å². The second-order valence-electron chi connectivity index (χ2n) is 16.2. The summed E-state index contributed by atoms with van der Waals surface area (Å²) in [5.41, 5.74) is 10.7. The number of rotatable bonds is 5. The molecule has 0 aliphatic rings. The summed E-state index contributed by atoms with van der Waals surface area (Å²) in [5, 5.41) is 6.87. The van der Waals surface area contributed by atoms with Crippen molar-refractivity contribution in [2.75, 3.05) is 0 Å². The summed E-state index contributed by atoms with van der Waals surface area (Å²) >= 11 is 0. The highest BCUT2D eigenvalue weighted by atomic mass is 16.3. The minimum atomic E-state index is -2.27. The molecule has 0 spiro atoms. The maximum absolute atomic E-state index is 8.61. The van der Waals surface area contributed by atoms with Crippen LogP contribution >= 0.6 is 0 Å². The van der Waals surface area contributed by atoms with Crippen LogP contribution in [-0.4, -0.2) is 9.55 Å². The Kier molecular flexibility index (Phi) is 6.87. The van der Waals surface area contributed by atoms with Gasteiger partial charge < -0.3 is 4.42 Å². The van der Waals surface area contributed by atoms with Gasteiger partial charge in [0.1, 0.15) is 17.0 Å². The second-order valence-corrected chi connectivity index (χ2v) is 16.2. The Bertz CT molecular complexity index is 2980. The largest absolute Gasteiger partial charge is 0.455 e. The quantitative estimate of drug-likeness (QED) is 0.168. The maximum Gasteiger partial charge on any atom is 0.149 e. The van der Waals surface area contributed by atoms with Crippen LogP contribution in [0.4, 0.5) is 0 Å². The Morgan fingerprint density at radius 1 is 0.642 bits per heavy atom. The molecule has 0 saturated carbocycles. The molecule has 0 aliphatic heterocycles. The predicted octanol–water partition coefficient (Wildman–Crippen LogP) is 14.4. The number of aryl methyl sites for hydroxylation is 1. The number of furan rings is 1. The van der Waals surface area contributed by atoms with E-state index in [1.807, 2.05) is 18.2 Å². The highest BCUT2D eigenvalue weighted by Gasteiger charge is 2.26. The zero-order valence-electron chi connectivity index (χ0n) is 34.5. The number of nitrogens with zero attached hydrogens (tertiary/aromatic N) is 2. The van der Waals surface area contributed by atoms with E-state index in [4.69, 9.17) is 13.5 Å². The van der Waals surface area contributed by atoms with Gasteiger partial charge in [-0.2, -0.15) is 0 Å². The molecular formula is C50H46N2O. The van der Waals surface area contributed by atoms with E-state index in [2.05, 4.69) is 156 Å². The van der Waals surface area contributed by atoms with Crippen molar-refractivity contribution < 1.29 is 8.53 Å². The average Bonchev–Trinajstić information content (AvgIpc) is 3.73. The van der Waals surface area contributed by atoms with E-state index in [1.165, 1.54) is 21.5 Å². The number of para-hydroxylation sites is 3. The van der Waals surface area contributed by atoms with Crippen molar-refractivity contribution in [3.8, 4) is 28.2 Å². The molecule has 9 aromatic rings. The van der Waals surface area contributed by atoms with E-state index in [0.29, 0.717) is 5.56 Å². The molecule has 0 fully saturated rings. The maximum atomic E-state index is 8.61. The first-order chi connectivity index (χ1) is 26.7. The minimum absolute atomic E-state index is 0.116. The third-order valence-electron chi connectivity index (χ3n) is 11.0.